The van der Waals surface area contributed by atoms with Crippen molar-refractivity contribution >= 4 is 5.91 Å². The summed E-state index contributed by atoms with van der Waals surface area (Å²) in [7, 11) is 0. The molecule has 0 bridgehead atoms. The molecular formula is C13H19N5O. The van der Waals surface area contributed by atoms with Gasteiger partial charge in [0.1, 0.15) is 12.4 Å². The number of nitrogens with one attached hydrogen (secondary N) is 1. The van der Waals surface area contributed by atoms with Crippen molar-refractivity contribution in [1.82, 2.24) is 24.9 Å². The number of amides is 1. The molecule has 0 aromatic carbocycles. The van der Waals surface area contributed by atoms with Gasteiger partial charge in [0.25, 0.3) is 5.91 Å². The van der Waals surface area contributed by atoms with Gasteiger partial charge in [0, 0.05) is 17.9 Å². The highest BCUT2D eigenvalue weighted by atomic mass is 16.2. The molecule has 19 heavy (non-hydrogen) atoms. The second kappa shape index (κ2) is 5.26. The second-order valence-electron chi connectivity index (χ2n) is 4.94. The fourth-order valence-corrected chi connectivity index (χ4v) is 1.85. The van der Waals surface area contributed by atoms with Gasteiger partial charge in [-0.15, -0.1) is 0 Å². The van der Waals surface area contributed by atoms with Crippen LogP contribution in [0.25, 0.3) is 0 Å². The summed E-state index contributed by atoms with van der Waals surface area (Å²) in [5, 5.41) is 11.4. The minimum absolute atomic E-state index is 0.105. The molecule has 0 atom stereocenters. The van der Waals surface area contributed by atoms with E-state index in [9.17, 15) is 4.79 Å². The molecule has 0 aliphatic carbocycles. The number of hydrogen-bond acceptors (Lipinski definition) is 3. The van der Waals surface area contributed by atoms with Gasteiger partial charge in [0.15, 0.2) is 0 Å². The van der Waals surface area contributed by atoms with Gasteiger partial charge in [-0.3, -0.25) is 9.48 Å². The molecule has 0 saturated carbocycles. The Labute approximate surface area is 112 Å². The zero-order valence-electron chi connectivity index (χ0n) is 11.7. The molecule has 1 N–H and O–H groups in total. The molecule has 6 heteroatoms. The first kappa shape index (κ1) is 13.3. The Hall–Kier alpha value is -2.11. The van der Waals surface area contributed by atoms with Gasteiger partial charge in [-0.25, -0.2) is 4.68 Å². The number of carbonyl (C=O) groups is 1. The van der Waals surface area contributed by atoms with Crippen LogP contribution in [0.2, 0.25) is 0 Å². The van der Waals surface area contributed by atoms with Gasteiger partial charge in [-0.2, -0.15) is 10.2 Å². The highest BCUT2D eigenvalue weighted by Crippen LogP contribution is 2.03. The molecule has 102 valence electrons. The zero-order chi connectivity index (χ0) is 14.0. The smallest absolute Gasteiger partial charge is 0.271 e. The maximum absolute atomic E-state index is 11.8. The Morgan fingerprint density at radius 1 is 1.37 bits per heavy atom. The van der Waals surface area contributed by atoms with Crippen LogP contribution in [-0.4, -0.2) is 31.5 Å². The van der Waals surface area contributed by atoms with E-state index >= 15 is 0 Å². The minimum Gasteiger partial charge on any atom is -0.348 e. The van der Waals surface area contributed by atoms with Gasteiger partial charge in [-0.1, -0.05) is 0 Å². The second-order valence-corrected chi connectivity index (χ2v) is 4.94. The molecule has 0 spiro atoms. The molecule has 1 amide bonds. The number of nitrogens with zero attached hydrogens (tertiary/aromatic N) is 4. The molecule has 2 rings (SSSR count). The molecule has 2 aromatic rings. The van der Waals surface area contributed by atoms with Crippen LogP contribution in [0, 0.1) is 13.8 Å². The van der Waals surface area contributed by atoms with E-state index in [0.717, 1.165) is 11.4 Å². The van der Waals surface area contributed by atoms with E-state index in [2.05, 4.69) is 15.5 Å². The van der Waals surface area contributed by atoms with Crippen LogP contribution >= 0.6 is 0 Å². The topological polar surface area (TPSA) is 64.7 Å². The molecule has 0 fully saturated rings. The maximum atomic E-state index is 11.8. The SMILES string of the molecule is Cc1cc(C)n(Cn2ccc(C(=O)NC(C)C)n2)n1. The van der Waals surface area contributed by atoms with Crippen molar-refractivity contribution in [3.8, 4) is 0 Å². The summed E-state index contributed by atoms with van der Waals surface area (Å²) in [4.78, 5) is 11.8. The lowest BCUT2D eigenvalue weighted by Crippen LogP contribution is -2.30. The van der Waals surface area contributed by atoms with Gasteiger partial charge < -0.3 is 5.32 Å². The van der Waals surface area contributed by atoms with Gasteiger partial charge in [0.05, 0.1) is 5.69 Å². The van der Waals surface area contributed by atoms with Crippen molar-refractivity contribution in [2.75, 3.05) is 0 Å². The van der Waals surface area contributed by atoms with Crippen LogP contribution < -0.4 is 5.32 Å². The summed E-state index contributed by atoms with van der Waals surface area (Å²) < 4.78 is 3.56. The lowest BCUT2D eigenvalue weighted by molar-refractivity contribution is 0.0937. The number of aryl methyl sites for hydroxylation is 2. The summed E-state index contributed by atoms with van der Waals surface area (Å²) in [6.45, 7) is 8.30. The van der Waals surface area contributed by atoms with Crippen molar-refractivity contribution in [3.05, 3.63) is 35.4 Å². The average molecular weight is 261 g/mol. The maximum Gasteiger partial charge on any atom is 0.271 e. The van der Waals surface area contributed by atoms with Crippen LogP contribution in [0.1, 0.15) is 35.7 Å². The summed E-state index contributed by atoms with van der Waals surface area (Å²) in [6, 6.07) is 3.83. The highest BCUT2D eigenvalue weighted by Gasteiger charge is 2.11. The Morgan fingerprint density at radius 3 is 2.68 bits per heavy atom. The van der Waals surface area contributed by atoms with Crippen LogP contribution in [0.3, 0.4) is 0 Å². The summed E-state index contributed by atoms with van der Waals surface area (Å²) in [5.74, 6) is -0.151. The molecule has 0 aliphatic rings. The molecule has 0 unspecified atom stereocenters. The molecular weight excluding hydrogens is 242 g/mol. The Balaban J connectivity index is 2.09. The Kier molecular flexibility index (Phi) is 3.69. The van der Waals surface area contributed by atoms with E-state index in [-0.39, 0.29) is 11.9 Å². The summed E-state index contributed by atoms with van der Waals surface area (Å²) in [6.07, 6.45) is 1.78. The number of carbonyl (C=O) groups excluding carboxylic acids is 1. The van der Waals surface area contributed by atoms with Crippen molar-refractivity contribution < 1.29 is 4.79 Å². The van der Waals surface area contributed by atoms with Crippen molar-refractivity contribution in [2.45, 2.75) is 40.4 Å². The Morgan fingerprint density at radius 2 is 2.11 bits per heavy atom. The first-order chi connectivity index (χ1) is 8.95. The van der Waals surface area contributed by atoms with Gasteiger partial charge in [0.2, 0.25) is 0 Å². The van der Waals surface area contributed by atoms with Crippen molar-refractivity contribution in [1.29, 1.82) is 0 Å². The highest BCUT2D eigenvalue weighted by molar-refractivity contribution is 5.92. The molecule has 0 saturated heterocycles. The van der Waals surface area contributed by atoms with Crippen molar-refractivity contribution in [3.63, 3.8) is 0 Å². The third-order valence-electron chi connectivity index (χ3n) is 2.68. The van der Waals surface area contributed by atoms with Crippen LogP contribution in [0.5, 0.6) is 0 Å². The molecule has 2 heterocycles. The van der Waals surface area contributed by atoms with Crippen LogP contribution in [0.15, 0.2) is 18.3 Å². The van der Waals surface area contributed by atoms with Crippen LogP contribution in [-0.2, 0) is 6.67 Å². The fourth-order valence-electron chi connectivity index (χ4n) is 1.85. The average Bonchev–Trinajstić information content (AvgIpc) is 2.86. The van der Waals surface area contributed by atoms with E-state index in [0.29, 0.717) is 12.4 Å². The van der Waals surface area contributed by atoms with Crippen molar-refractivity contribution in [2.24, 2.45) is 0 Å². The number of rotatable bonds is 4. The lowest BCUT2D eigenvalue weighted by Gasteiger charge is -2.06. The third-order valence-corrected chi connectivity index (χ3v) is 2.68. The number of hydrogen-bond donors (Lipinski definition) is 1. The Bertz CT molecular complexity index is 582. The van der Waals surface area contributed by atoms with Crippen LogP contribution in [0.4, 0.5) is 0 Å². The van der Waals surface area contributed by atoms with Gasteiger partial charge in [-0.05, 0) is 39.8 Å². The zero-order valence-corrected chi connectivity index (χ0v) is 11.7. The predicted molar refractivity (Wildman–Crippen MR) is 71.9 cm³/mol. The van der Waals surface area contributed by atoms with E-state index in [1.165, 1.54) is 0 Å². The molecule has 0 radical (unpaired) electrons. The van der Waals surface area contributed by atoms with E-state index in [1.807, 2.05) is 38.4 Å². The largest absolute Gasteiger partial charge is 0.348 e. The normalized spacial score (nSPS) is 11.0. The monoisotopic (exact) mass is 261 g/mol. The van der Waals surface area contributed by atoms with E-state index < -0.39 is 0 Å². The molecule has 6 nitrogen and oxygen atoms in total. The van der Waals surface area contributed by atoms with E-state index in [1.54, 1.807) is 16.9 Å². The third kappa shape index (κ3) is 3.21. The van der Waals surface area contributed by atoms with E-state index in [4.69, 9.17) is 0 Å². The summed E-state index contributed by atoms with van der Waals surface area (Å²) >= 11 is 0. The quantitative estimate of drug-likeness (QED) is 0.903. The fraction of sp³-hybridized carbons (Fsp3) is 0.462. The first-order valence-corrected chi connectivity index (χ1v) is 6.31. The molecule has 2 aromatic heterocycles. The first-order valence-electron chi connectivity index (χ1n) is 6.31. The molecule has 0 aliphatic heterocycles. The van der Waals surface area contributed by atoms with Gasteiger partial charge >= 0.3 is 0 Å². The minimum atomic E-state index is -0.151. The standard InChI is InChI=1S/C13H19N5O/c1-9(2)14-13(19)12-5-6-17(16-12)8-18-11(4)7-10(3)15-18/h5-7,9H,8H2,1-4H3,(H,14,19). The number of aromatic nitrogens is 4. The summed E-state index contributed by atoms with van der Waals surface area (Å²) in [5.41, 5.74) is 2.47. The predicted octanol–water partition coefficient (Wildman–Crippen LogP) is 1.34. The lowest BCUT2D eigenvalue weighted by atomic mass is 10.3.